The molecular formula is C11H26N2O2. The lowest BCUT2D eigenvalue weighted by molar-refractivity contribution is -0.138. The molecule has 3 atom stereocenters. The first-order chi connectivity index (χ1) is 7.21. The molecule has 4 N–H and O–H groups in total. The number of rotatable bonds is 9. The van der Waals surface area contributed by atoms with Crippen molar-refractivity contribution < 1.29 is 9.84 Å². The van der Waals surface area contributed by atoms with Crippen LogP contribution in [0.4, 0.5) is 0 Å². The van der Waals surface area contributed by atoms with E-state index in [1.807, 2.05) is 6.92 Å². The van der Waals surface area contributed by atoms with Crippen molar-refractivity contribution in [3.63, 3.8) is 0 Å². The fourth-order valence-corrected chi connectivity index (χ4v) is 1.85. The molecule has 0 aromatic rings. The Hall–Kier alpha value is -0.160. The van der Waals surface area contributed by atoms with Crippen molar-refractivity contribution in [1.29, 1.82) is 0 Å². The van der Waals surface area contributed by atoms with E-state index in [1.165, 1.54) is 0 Å². The van der Waals surface area contributed by atoms with Crippen LogP contribution in [0.25, 0.3) is 0 Å². The van der Waals surface area contributed by atoms with Crippen molar-refractivity contribution in [1.82, 2.24) is 5.32 Å². The van der Waals surface area contributed by atoms with E-state index in [4.69, 9.17) is 10.5 Å². The lowest BCUT2D eigenvalue weighted by Gasteiger charge is -2.30. The maximum absolute atomic E-state index is 9.82. The van der Waals surface area contributed by atoms with Crippen LogP contribution in [-0.4, -0.2) is 37.1 Å². The molecule has 0 amide bonds. The van der Waals surface area contributed by atoms with Crippen LogP contribution >= 0.6 is 0 Å². The van der Waals surface area contributed by atoms with E-state index < -0.39 is 6.29 Å². The van der Waals surface area contributed by atoms with Gasteiger partial charge in [-0.1, -0.05) is 13.8 Å². The Bertz CT molecular complexity index is 145. The molecule has 0 fully saturated rings. The number of hydrogen-bond acceptors (Lipinski definition) is 4. The minimum Gasteiger partial charge on any atom is -0.368 e. The highest BCUT2D eigenvalue weighted by Gasteiger charge is 2.25. The zero-order valence-corrected chi connectivity index (χ0v) is 10.2. The third kappa shape index (κ3) is 5.47. The molecule has 3 unspecified atom stereocenters. The second-order valence-corrected chi connectivity index (χ2v) is 3.68. The Kier molecular flexibility index (Phi) is 9.00. The highest BCUT2D eigenvalue weighted by molar-refractivity contribution is 4.76. The predicted octanol–water partition coefficient (Wildman–Crippen LogP) is 0.694. The molecule has 0 aromatic heterocycles. The number of ether oxygens (including phenoxy) is 1. The van der Waals surface area contributed by atoms with Gasteiger partial charge in [0.05, 0.1) is 0 Å². The summed E-state index contributed by atoms with van der Waals surface area (Å²) in [4.78, 5) is 0. The van der Waals surface area contributed by atoms with Crippen LogP contribution in [0.3, 0.4) is 0 Å². The molecule has 0 heterocycles. The van der Waals surface area contributed by atoms with Gasteiger partial charge in [-0.25, -0.2) is 0 Å². The van der Waals surface area contributed by atoms with Gasteiger partial charge in [0.1, 0.15) is 0 Å². The first kappa shape index (κ1) is 14.8. The Labute approximate surface area is 93.2 Å². The minimum atomic E-state index is -0.671. The molecular weight excluding hydrogens is 192 g/mol. The van der Waals surface area contributed by atoms with Crippen LogP contribution in [0.1, 0.15) is 33.6 Å². The predicted molar refractivity (Wildman–Crippen MR) is 62.5 cm³/mol. The van der Waals surface area contributed by atoms with Crippen molar-refractivity contribution in [2.75, 3.05) is 19.7 Å². The summed E-state index contributed by atoms with van der Waals surface area (Å²) in [6, 6.07) is 0.278. The number of aliphatic hydroxyl groups is 1. The average Bonchev–Trinajstić information content (AvgIpc) is 2.24. The van der Waals surface area contributed by atoms with Gasteiger partial charge in [0.2, 0.25) is 0 Å². The van der Waals surface area contributed by atoms with Crippen LogP contribution in [-0.2, 0) is 4.74 Å². The van der Waals surface area contributed by atoms with Gasteiger partial charge >= 0.3 is 0 Å². The van der Waals surface area contributed by atoms with Crippen molar-refractivity contribution in [3.05, 3.63) is 0 Å². The van der Waals surface area contributed by atoms with Gasteiger partial charge in [0, 0.05) is 31.7 Å². The van der Waals surface area contributed by atoms with Crippen molar-refractivity contribution in [2.24, 2.45) is 11.7 Å². The van der Waals surface area contributed by atoms with Crippen LogP contribution in [0.15, 0.2) is 0 Å². The third-order valence-electron chi connectivity index (χ3n) is 2.68. The Morgan fingerprint density at radius 1 is 1.27 bits per heavy atom. The molecule has 0 radical (unpaired) electrons. The maximum Gasteiger partial charge on any atom is 0.158 e. The van der Waals surface area contributed by atoms with Gasteiger partial charge in [-0.05, 0) is 19.8 Å². The molecule has 4 nitrogen and oxygen atoms in total. The smallest absolute Gasteiger partial charge is 0.158 e. The standard InChI is InChI=1S/C11H26N2O2/c1-4-9(11(14)15-6-3)10(5-2)13-8-7-12/h9-11,13-14H,4-8,12H2,1-3H3. The van der Waals surface area contributed by atoms with Crippen molar-refractivity contribution >= 4 is 0 Å². The van der Waals surface area contributed by atoms with Gasteiger partial charge in [-0.15, -0.1) is 0 Å². The third-order valence-corrected chi connectivity index (χ3v) is 2.68. The molecule has 0 spiro atoms. The van der Waals surface area contributed by atoms with Crippen molar-refractivity contribution in [2.45, 2.75) is 45.9 Å². The van der Waals surface area contributed by atoms with E-state index in [0.29, 0.717) is 13.2 Å². The molecule has 0 saturated heterocycles. The highest BCUT2D eigenvalue weighted by Crippen LogP contribution is 2.17. The van der Waals surface area contributed by atoms with E-state index in [1.54, 1.807) is 0 Å². The lowest BCUT2D eigenvalue weighted by atomic mass is 9.94. The fraction of sp³-hybridized carbons (Fsp3) is 1.00. The van der Waals surface area contributed by atoms with E-state index in [0.717, 1.165) is 19.4 Å². The summed E-state index contributed by atoms with van der Waals surface area (Å²) in [5.41, 5.74) is 5.45. The monoisotopic (exact) mass is 218 g/mol. The Balaban J connectivity index is 4.18. The van der Waals surface area contributed by atoms with E-state index in [9.17, 15) is 5.11 Å². The maximum atomic E-state index is 9.82. The van der Waals surface area contributed by atoms with Gasteiger partial charge in [0.25, 0.3) is 0 Å². The summed E-state index contributed by atoms with van der Waals surface area (Å²) in [7, 11) is 0. The highest BCUT2D eigenvalue weighted by atomic mass is 16.6. The first-order valence-corrected chi connectivity index (χ1v) is 5.94. The number of hydrogen-bond donors (Lipinski definition) is 3. The largest absolute Gasteiger partial charge is 0.368 e. The zero-order valence-electron chi connectivity index (χ0n) is 10.2. The zero-order chi connectivity index (χ0) is 11.7. The molecule has 0 aliphatic heterocycles. The van der Waals surface area contributed by atoms with Crippen LogP contribution < -0.4 is 11.1 Å². The van der Waals surface area contributed by atoms with Crippen LogP contribution in [0, 0.1) is 5.92 Å². The van der Waals surface area contributed by atoms with E-state index in [-0.39, 0.29) is 12.0 Å². The molecule has 92 valence electrons. The normalized spacial score (nSPS) is 17.4. The number of nitrogens with two attached hydrogens (primary N) is 1. The summed E-state index contributed by atoms with van der Waals surface area (Å²) < 4.78 is 5.24. The molecule has 0 aromatic carbocycles. The Morgan fingerprint density at radius 3 is 2.33 bits per heavy atom. The minimum absolute atomic E-state index is 0.140. The summed E-state index contributed by atoms with van der Waals surface area (Å²) in [5, 5.41) is 13.2. The van der Waals surface area contributed by atoms with Gasteiger partial charge in [0.15, 0.2) is 6.29 Å². The SMILES string of the molecule is CCOC(O)C(CC)C(CC)NCCN. The first-order valence-electron chi connectivity index (χ1n) is 5.94. The quantitative estimate of drug-likeness (QED) is 0.498. The Morgan fingerprint density at radius 2 is 1.93 bits per heavy atom. The lowest BCUT2D eigenvalue weighted by Crippen LogP contribution is -2.44. The molecule has 0 saturated carbocycles. The van der Waals surface area contributed by atoms with Crippen LogP contribution in [0.2, 0.25) is 0 Å². The van der Waals surface area contributed by atoms with Gasteiger partial charge in [-0.2, -0.15) is 0 Å². The summed E-state index contributed by atoms with van der Waals surface area (Å²) in [6.45, 7) is 8.02. The summed E-state index contributed by atoms with van der Waals surface area (Å²) in [6.07, 6.45) is 1.20. The van der Waals surface area contributed by atoms with E-state index in [2.05, 4.69) is 19.2 Å². The number of nitrogens with one attached hydrogen (secondary N) is 1. The molecule has 4 heteroatoms. The molecule has 0 aliphatic carbocycles. The van der Waals surface area contributed by atoms with Crippen LogP contribution in [0.5, 0.6) is 0 Å². The topological polar surface area (TPSA) is 67.5 Å². The molecule has 0 bridgehead atoms. The van der Waals surface area contributed by atoms with Gasteiger partial charge in [-0.3, -0.25) is 0 Å². The second-order valence-electron chi connectivity index (χ2n) is 3.68. The van der Waals surface area contributed by atoms with Crippen molar-refractivity contribution in [3.8, 4) is 0 Å². The van der Waals surface area contributed by atoms with E-state index >= 15 is 0 Å². The van der Waals surface area contributed by atoms with Gasteiger partial charge < -0.3 is 20.9 Å². The number of aliphatic hydroxyl groups excluding tert-OH is 1. The molecule has 0 aliphatic rings. The fourth-order valence-electron chi connectivity index (χ4n) is 1.85. The summed E-state index contributed by atoms with van der Waals surface area (Å²) >= 11 is 0. The molecule has 15 heavy (non-hydrogen) atoms. The average molecular weight is 218 g/mol. The molecule has 0 rings (SSSR count). The second kappa shape index (κ2) is 9.09. The summed E-state index contributed by atoms with van der Waals surface area (Å²) in [5.74, 6) is 0.140.